The second kappa shape index (κ2) is 5.39. The Hall–Kier alpha value is -2.26. The van der Waals surface area contributed by atoms with Gasteiger partial charge in [0.25, 0.3) is 0 Å². The van der Waals surface area contributed by atoms with E-state index in [0.29, 0.717) is 10.6 Å². The van der Waals surface area contributed by atoms with Crippen molar-refractivity contribution in [2.45, 2.75) is 6.10 Å². The Morgan fingerprint density at radius 1 is 1.05 bits per heavy atom. The highest BCUT2D eigenvalue weighted by Crippen LogP contribution is 2.42. The van der Waals surface area contributed by atoms with Crippen molar-refractivity contribution in [3.05, 3.63) is 71.3 Å². The van der Waals surface area contributed by atoms with Crippen LogP contribution in [0.2, 0.25) is 0 Å². The first kappa shape index (κ1) is 12.8. The van der Waals surface area contributed by atoms with E-state index in [1.807, 2.05) is 54.6 Å². The molecule has 2 aromatic rings. The van der Waals surface area contributed by atoms with Gasteiger partial charge < -0.3 is 9.94 Å². The van der Waals surface area contributed by atoms with Gasteiger partial charge in [-0.3, -0.25) is 0 Å². The average Bonchev–Trinajstić information content (AvgIpc) is 2.51. The minimum atomic E-state index is -0.380. The number of rotatable bonds is 2. The molecule has 4 heteroatoms. The number of halogens is 1. The number of hydrogen-bond acceptors (Lipinski definition) is 3. The molecule has 1 atom stereocenters. The van der Waals surface area contributed by atoms with Gasteiger partial charge >= 0.3 is 0 Å². The van der Waals surface area contributed by atoms with Crippen molar-refractivity contribution in [2.24, 2.45) is 5.16 Å². The molecule has 0 aromatic heterocycles. The molecule has 0 spiro atoms. The summed E-state index contributed by atoms with van der Waals surface area (Å²) in [4.78, 5) is 0. The fourth-order valence-electron chi connectivity index (χ4n) is 2.27. The molecule has 2 aromatic carbocycles. The summed E-state index contributed by atoms with van der Waals surface area (Å²) in [5, 5.41) is 12.5. The molecule has 1 N–H and O–H groups in total. The van der Waals surface area contributed by atoms with Gasteiger partial charge in [-0.25, -0.2) is 0 Å². The van der Waals surface area contributed by atoms with E-state index < -0.39 is 0 Å². The predicted octanol–water partition coefficient (Wildman–Crippen LogP) is 4.23. The maximum Gasteiger partial charge on any atom is 0.152 e. The lowest BCUT2D eigenvalue weighted by Gasteiger charge is -2.27. The van der Waals surface area contributed by atoms with Gasteiger partial charge in [0.05, 0.1) is 11.2 Å². The smallest absolute Gasteiger partial charge is 0.152 e. The molecular formula is C16H12ClNO2. The maximum absolute atomic E-state index is 8.87. The monoisotopic (exact) mass is 285 g/mol. The highest BCUT2D eigenvalue weighted by Gasteiger charge is 2.28. The molecule has 0 bridgehead atoms. The summed E-state index contributed by atoms with van der Waals surface area (Å²) in [5.41, 5.74) is 2.39. The number of benzene rings is 2. The lowest BCUT2D eigenvalue weighted by atomic mass is 9.96. The van der Waals surface area contributed by atoms with E-state index in [9.17, 15) is 0 Å². The second-order valence-corrected chi connectivity index (χ2v) is 4.80. The third kappa shape index (κ3) is 2.17. The lowest BCUT2D eigenvalue weighted by Crippen LogP contribution is -2.17. The standard InChI is InChI=1S/C16H12ClNO2/c17-15-12-8-4-5-9-14(12)20-16(13(15)10-18-19)11-6-2-1-3-7-11/h1-10,16,19H. The first-order valence-corrected chi connectivity index (χ1v) is 6.57. The molecule has 0 radical (unpaired) electrons. The normalized spacial score (nSPS) is 17.9. The van der Waals surface area contributed by atoms with Crippen molar-refractivity contribution in [3.63, 3.8) is 0 Å². The molecule has 20 heavy (non-hydrogen) atoms. The van der Waals surface area contributed by atoms with Gasteiger partial charge in [0.1, 0.15) is 5.75 Å². The van der Waals surface area contributed by atoms with Crippen LogP contribution in [0.15, 0.2) is 65.3 Å². The fourth-order valence-corrected chi connectivity index (χ4v) is 2.58. The predicted molar refractivity (Wildman–Crippen MR) is 79.3 cm³/mol. The molecular weight excluding hydrogens is 274 g/mol. The van der Waals surface area contributed by atoms with Crippen LogP contribution in [0.5, 0.6) is 5.75 Å². The van der Waals surface area contributed by atoms with E-state index >= 15 is 0 Å². The average molecular weight is 286 g/mol. The number of hydrogen-bond donors (Lipinski definition) is 1. The molecule has 0 saturated heterocycles. The van der Waals surface area contributed by atoms with Crippen LogP contribution in [0.25, 0.3) is 5.03 Å². The van der Waals surface area contributed by atoms with Crippen molar-refractivity contribution in [3.8, 4) is 5.75 Å². The Balaban J connectivity index is 2.16. The van der Waals surface area contributed by atoms with E-state index in [1.54, 1.807) is 0 Å². The zero-order valence-corrected chi connectivity index (χ0v) is 11.3. The Kier molecular flexibility index (Phi) is 3.44. The molecule has 1 heterocycles. The first-order chi connectivity index (χ1) is 9.81. The second-order valence-electron chi connectivity index (χ2n) is 4.42. The lowest BCUT2D eigenvalue weighted by molar-refractivity contribution is 0.244. The number of oxime groups is 1. The summed E-state index contributed by atoms with van der Waals surface area (Å²) < 4.78 is 6.01. The van der Waals surface area contributed by atoms with Crippen LogP contribution in [0, 0.1) is 0 Å². The van der Waals surface area contributed by atoms with Gasteiger partial charge in [-0.05, 0) is 17.7 Å². The maximum atomic E-state index is 8.87. The molecule has 0 saturated carbocycles. The van der Waals surface area contributed by atoms with E-state index in [4.69, 9.17) is 21.5 Å². The molecule has 1 aliphatic rings. The molecule has 1 aliphatic heterocycles. The summed E-state index contributed by atoms with van der Waals surface area (Å²) in [5.74, 6) is 0.724. The number of ether oxygens (including phenoxy) is 1. The summed E-state index contributed by atoms with van der Waals surface area (Å²) in [6, 6.07) is 17.2. The third-order valence-electron chi connectivity index (χ3n) is 3.20. The van der Waals surface area contributed by atoms with Gasteiger partial charge in [-0.1, -0.05) is 59.2 Å². The highest BCUT2D eigenvalue weighted by molar-refractivity contribution is 6.51. The molecule has 0 amide bonds. The summed E-state index contributed by atoms with van der Waals surface area (Å²) in [7, 11) is 0. The van der Waals surface area contributed by atoms with Gasteiger partial charge in [0.2, 0.25) is 0 Å². The van der Waals surface area contributed by atoms with Crippen molar-refractivity contribution in [1.29, 1.82) is 0 Å². The van der Waals surface area contributed by atoms with Crippen LogP contribution in [-0.2, 0) is 0 Å². The summed E-state index contributed by atoms with van der Waals surface area (Å²) >= 11 is 6.43. The van der Waals surface area contributed by atoms with Crippen LogP contribution in [0.1, 0.15) is 17.2 Å². The fraction of sp³-hybridized carbons (Fsp3) is 0.0625. The SMILES string of the molecule is ON=CC1=C(Cl)c2ccccc2OC1c1ccccc1. The Morgan fingerprint density at radius 2 is 1.75 bits per heavy atom. The third-order valence-corrected chi connectivity index (χ3v) is 3.63. The topological polar surface area (TPSA) is 41.8 Å². The molecule has 3 rings (SSSR count). The number of nitrogens with zero attached hydrogens (tertiary/aromatic N) is 1. The van der Waals surface area contributed by atoms with Crippen LogP contribution in [0.3, 0.4) is 0 Å². The number of fused-ring (bicyclic) bond motifs is 1. The summed E-state index contributed by atoms with van der Waals surface area (Å²) in [6.07, 6.45) is 0.949. The quantitative estimate of drug-likeness (QED) is 0.510. The van der Waals surface area contributed by atoms with E-state index in [0.717, 1.165) is 16.9 Å². The van der Waals surface area contributed by atoms with E-state index in [1.165, 1.54) is 6.21 Å². The van der Waals surface area contributed by atoms with Gasteiger partial charge in [-0.2, -0.15) is 0 Å². The molecule has 0 aliphatic carbocycles. The minimum Gasteiger partial charge on any atom is -0.480 e. The van der Waals surface area contributed by atoms with Crippen molar-refractivity contribution in [1.82, 2.24) is 0 Å². The Bertz CT molecular complexity index is 680. The zero-order valence-electron chi connectivity index (χ0n) is 10.5. The van der Waals surface area contributed by atoms with Crippen molar-refractivity contribution < 1.29 is 9.94 Å². The minimum absolute atomic E-state index is 0.380. The van der Waals surface area contributed by atoms with E-state index in [-0.39, 0.29) is 6.10 Å². The molecule has 1 unspecified atom stereocenters. The largest absolute Gasteiger partial charge is 0.480 e. The number of para-hydroxylation sites is 1. The van der Waals surface area contributed by atoms with Crippen LogP contribution >= 0.6 is 11.6 Å². The van der Waals surface area contributed by atoms with E-state index in [2.05, 4.69) is 5.16 Å². The van der Waals surface area contributed by atoms with Crippen molar-refractivity contribution >= 4 is 22.8 Å². The zero-order chi connectivity index (χ0) is 13.9. The molecule has 3 nitrogen and oxygen atoms in total. The van der Waals surface area contributed by atoms with Crippen molar-refractivity contribution in [2.75, 3.05) is 0 Å². The van der Waals surface area contributed by atoms with Crippen LogP contribution < -0.4 is 4.74 Å². The summed E-state index contributed by atoms with van der Waals surface area (Å²) in [6.45, 7) is 0. The Labute approximate surface area is 121 Å². The Morgan fingerprint density at radius 3 is 2.50 bits per heavy atom. The van der Waals surface area contributed by atoms with Gasteiger partial charge in [0, 0.05) is 11.1 Å². The first-order valence-electron chi connectivity index (χ1n) is 6.19. The van der Waals surface area contributed by atoms with Crippen LogP contribution in [-0.4, -0.2) is 11.4 Å². The van der Waals surface area contributed by atoms with Gasteiger partial charge in [0.15, 0.2) is 6.10 Å². The molecule has 100 valence electrons. The molecule has 0 fully saturated rings. The van der Waals surface area contributed by atoms with Gasteiger partial charge in [-0.15, -0.1) is 0 Å². The highest BCUT2D eigenvalue weighted by atomic mass is 35.5. The van der Waals surface area contributed by atoms with Crippen LogP contribution in [0.4, 0.5) is 0 Å².